The van der Waals surface area contributed by atoms with E-state index in [1.165, 1.54) is 0 Å². The number of hydrogen-bond acceptors (Lipinski definition) is 7. The van der Waals surface area contributed by atoms with E-state index in [4.69, 9.17) is 4.74 Å². The van der Waals surface area contributed by atoms with Crippen molar-refractivity contribution in [2.75, 3.05) is 54.9 Å². The number of nitrogens with zero attached hydrogens (tertiary/aromatic N) is 4. The van der Waals surface area contributed by atoms with Gasteiger partial charge < -0.3 is 20.3 Å². The molecule has 8 nitrogen and oxygen atoms in total. The number of nitrogens with one attached hydrogen (secondary N) is 2. The van der Waals surface area contributed by atoms with Crippen LogP contribution in [0.15, 0.2) is 67.4 Å². The number of piperazine rings is 1. The van der Waals surface area contributed by atoms with Crippen LogP contribution in [0.3, 0.4) is 0 Å². The molecule has 0 atom stereocenters. The van der Waals surface area contributed by atoms with E-state index in [2.05, 4.69) is 37.0 Å². The average Bonchev–Trinajstić information content (AvgIpc) is 2.87. The van der Waals surface area contributed by atoms with E-state index in [0.29, 0.717) is 18.0 Å². The summed E-state index contributed by atoms with van der Waals surface area (Å²) < 4.78 is 32.4. The lowest BCUT2D eigenvalue weighted by Gasteiger charge is -2.35. The highest BCUT2D eigenvalue weighted by atomic mass is 19.1. The van der Waals surface area contributed by atoms with Gasteiger partial charge in [0.25, 0.3) is 5.88 Å². The molecule has 0 unspecified atom stereocenters. The number of hydrogen-bond donors (Lipinski definition) is 2. The summed E-state index contributed by atoms with van der Waals surface area (Å²) in [5.74, 6) is -0.876. The Balaban J connectivity index is 1.40. The molecule has 1 aliphatic rings. The third-order valence-electron chi connectivity index (χ3n) is 5.48. The Kier molecular flexibility index (Phi) is 7.84. The van der Waals surface area contributed by atoms with Crippen molar-refractivity contribution in [2.45, 2.75) is 0 Å². The van der Waals surface area contributed by atoms with Crippen LogP contribution in [0.25, 0.3) is 0 Å². The summed E-state index contributed by atoms with van der Waals surface area (Å²) in [7, 11) is 0. The summed E-state index contributed by atoms with van der Waals surface area (Å²) in [6.07, 6.45) is 2.18. The van der Waals surface area contributed by atoms with Crippen molar-refractivity contribution in [1.29, 1.82) is 0 Å². The third kappa shape index (κ3) is 6.51. The Labute approximate surface area is 202 Å². The Morgan fingerprint density at radius 2 is 1.89 bits per heavy atom. The van der Waals surface area contributed by atoms with E-state index >= 15 is 0 Å². The maximum absolute atomic E-state index is 14.3. The van der Waals surface area contributed by atoms with Crippen LogP contribution in [0, 0.1) is 5.82 Å². The molecular weight excluding hydrogens is 454 g/mol. The molecule has 0 saturated carbocycles. The fourth-order valence-electron chi connectivity index (χ4n) is 3.66. The molecule has 1 fully saturated rings. The molecule has 0 spiro atoms. The molecule has 1 saturated heterocycles. The van der Waals surface area contributed by atoms with Crippen molar-refractivity contribution in [1.82, 2.24) is 14.9 Å². The largest absolute Gasteiger partial charge is 0.436 e. The Morgan fingerprint density at radius 3 is 2.60 bits per heavy atom. The molecule has 2 N–H and O–H groups in total. The zero-order valence-electron chi connectivity index (χ0n) is 19.1. The molecule has 182 valence electrons. The molecule has 3 aromatic rings. The highest BCUT2D eigenvalue weighted by molar-refractivity contribution is 5.98. The Hall–Kier alpha value is -4.05. The summed E-state index contributed by atoms with van der Waals surface area (Å²) >= 11 is 0. The predicted molar refractivity (Wildman–Crippen MR) is 132 cm³/mol. The molecule has 10 heteroatoms. The van der Waals surface area contributed by atoms with Gasteiger partial charge in [0, 0.05) is 55.9 Å². The second-order valence-corrected chi connectivity index (χ2v) is 7.86. The number of ether oxygens (including phenoxy) is 1. The van der Waals surface area contributed by atoms with Gasteiger partial charge in [-0.3, -0.25) is 9.69 Å². The Morgan fingerprint density at radius 1 is 1.11 bits per heavy atom. The maximum Gasteiger partial charge on any atom is 0.260 e. The van der Waals surface area contributed by atoms with Gasteiger partial charge in [0.15, 0.2) is 0 Å². The number of alkyl halides is 1. The van der Waals surface area contributed by atoms with Crippen molar-refractivity contribution < 1.29 is 18.3 Å². The second-order valence-electron chi connectivity index (χ2n) is 7.86. The van der Waals surface area contributed by atoms with Gasteiger partial charge in [0.1, 0.15) is 12.4 Å². The van der Waals surface area contributed by atoms with Gasteiger partial charge in [-0.2, -0.15) is 9.37 Å². The molecule has 4 rings (SSSR count). The first-order valence-electron chi connectivity index (χ1n) is 11.2. The first kappa shape index (κ1) is 24.1. The highest BCUT2D eigenvalue weighted by Gasteiger charge is 2.17. The normalized spacial score (nSPS) is 13.8. The topological polar surface area (TPSA) is 82.6 Å². The third-order valence-corrected chi connectivity index (χ3v) is 5.48. The maximum atomic E-state index is 14.3. The summed E-state index contributed by atoms with van der Waals surface area (Å²) in [6, 6.07) is 14.2. The molecule has 0 aliphatic carbocycles. The van der Waals surface area contributed by atoms with Gasteiger partial charge in [0.2, 0.25) is 17.7 Å². The monoisotopic (exact) mass is 480 g/mol. The van der Waals surface area contributed by atoms with Crippen LogP contribution >= 0.6 is 0 Å². The minimum Gasteiger partial charge on any atom is -0.436 e. The molecule has 1 amide bonds. The average molecular weight is 481 g/mol. The van der Waals surface area contributed by atoms with Gasteiger partial charge in [0.05, 0.1) is 6.20 Å². The van der Waals surface area contributed by atoms with Crippen LogP contribution in [0.5, 0.6) is 11.6 Å². The number of aromatic nitrogens is 2. The lowest BCUT2D eigenvalue weighted by Crippen LogP contribution is -2.47. The van der Waals surface area contributed by atoms with Gasteiger partial charge in [-0.1, -0.05) is 12.6 Å². The van der Waals surface area contributed by atoms with Crippen LogP contribution < -0.4 is 20.3 Å². The molecule has 2 heterocycles. The van der Waals surface area contributed by atoms with E-state index in [9.17, 15) is 13.6 Å². The fourth-order valence-corrected chi connectivity index (χ4v) is 3.66. The SMILES string of the molecule is C=CC(=O)Nc1cccc(Oc2nc(Nc3ccc(N4CCN(CCF)CC4)cc3)ncc2F)c1. The highest BCUT2D eigenvalue weighted by Crippen LogP contribution is 2.27. The summed E-state index contributed by atoms with van der Waals surface area (Å²) in [5, 5.41) is 5.67. The molecule has 0 bridgehead atoms. The zero-order valence-corrected chi connectivity index (χ0v) is 19.1. The molecule has 35 heavy (non-hydrogen) atoms. The van der Waals surface area contributed by atoms with Gasteiger partial charge >= 0.3 is 0 Å². The zero-order chi connectivity index (χ0) is 24.6. The van der Waals surface area contributed by atoms with Crippen LogP contribution in [0.1, 0.15) is 0 Å². The van der Waals surface area contributed by atoms with Crippen LogP contribution in [-0.2, 0) is 4.79 Å². The minimum atomic E-state index is -0.724. The lowest BCUT2D eigenvalue weighted by molar-refractivity contribution is -0.111. The molecular formula is C25H26F2N6O2. The lowest BCUT2D eigenvalue weighted by atomic mass is 10.2. The van der Waals surface area contributed by atoms with Gasteiger partial charge in [-0.05, 0) is 42.5 Å². The molecule has 2 aromatic carbocycles. The molecule has 0 radical (unpaired) electrons. The second kappa shape index (κ2) is 11.4. The van der Waals surface area contributed by atoms with Crippen molar-refractivity contribution in [3.8, 4) is 11.6 Å². The van der Waals surface area contributed by atoms with Crippen molar-refractivity contribution >= 4 is 28.9 Å². The first-order valence-corrected chi connectivity index (χ1v) is 11.2. The number of benzene rings is 2. The standard InChI is InChI=1S/C25H26F2N6O2/c1-2-23(34)29-19-4-3-5-21(16-19)35-24-22(27)17-28-25(31-24)30-18-6-8-20(9-7-18)33-14-12-32(11-10-26)13-15-33/h2-9,16-17H,1,10-15H2,(H,29,34)(H,28,30,31). The van der Waals surface area contributed by atoms with Gasteiger partial charge in [-0.25, -0.2) is 9.37 Å². The van der Waals surface area contributed by atoms with Crippen LogP contribution in [0.4, 0.5) is 31.8 Å². The minimum absolute atomic E-state index is 0.171. The predicted octanol–water partition coefficient (Wildman–Crippen LogP) is 4.37. The number of carbonyl (C=O) groups is 1. The smallest absolute Gasteiger partial charge is 0.260 e. The molecule has 1 aliphatic heterocycles. The van der Waals surface area contributed by atoms with Crippen LogP contribution in [-0.4, -0.2) is 60.2 Å². The fraction of sp³-hybridized carbons (Fsp3) is 0.240. The summed E-state index contributed by atoms with van der Waals surface area (Å²) in [5.41, 5.74) is 2.28. The van der Waals surface area contributed by atoms with E-state index in [0.717, 1.165) is 49.8 Å². The summed E-state index contributed by atoms with van der Waals surface area (Å²) in [4.78, 5) is 24.0. The van der Waals surface area contributed by atoms with Crippen LogP contribution in [0.2, 0.25) is 0 Å². The van der Waals surface area contributed by atoms with Crippen molar-refractivity contribution in [3.05, 3.63) is 73.2 Å². The quantitative estimate of drug-likeness (QED) is 0.440. The van der Waals surface area contributed by atoms with Crippen molar-refractivity contribution in [3.63, 3.8) is 0 Å². The summed E-state index contributed by atoms with van der Waals surface area (Å²) in [6.45, 7) is 6.92. The van der Waals surface area contributed by atoms with Gasteiger partial charge in [-0.15, -0.1) is 0 Å². The number of anilines is 4. The van der Waals surface area contributed by atoms with E-state index in [-0.39, 0.29) is 24.4 Å². The first-order chi connectivity index (χ1) is 17.0. The Bertz CT molecular complexity index is 1170. The number of halogens is 2. The van der Waals surface area contributed by atoms with E-state index < -0.39 is 5.82 Å². The van der Waals surface area contributed by atoms with E-state index in [1.807, 2.05) is 24.3 Å². The number of amides is 1. The van der Waals surface area contributed by atoms with Crippen molar-refractivity contribution in [2.24, 2.45) is 0 Å². The molecule has 1 aromatic heterocycles. The number of rotatable bonds is 9. The number of carbonyl (C=O) groups excluding carboxylic acids is 1. The van der Waals surface area contributed by atoms with E-state index in [1.54, 1.807) is 24.3 Å².